The van der Waals surface area contributed by atoms with Gasteiger partial charge in [0.1, 0.15) is 0 Å². The van der Waals surface area contributed by atoms with E-state index in [0.717, 1.165) is 17.5 Å². The van der Waals surface area contributed by atoms with Gasteiger partial charge >= 0.3 is 5.76 Å². The molecule has 0 unspecified atom stereocenters. The molecule has 5 nitrogen and oxygen atoms in total. The molecule has 128 valence electrons. The molecule has 1 aromatic heterocycles. The fourth-order valence-corrected chi connectivity index (χ4v) is 3.04. The summed E-state index contributed by atoms with van der Waals surface area (Å²) in [5, 5.41) is 3.40. The van der Waals surface area contributed by atoms with E-state index in [4.69, 9.17) is 0 Å². The Hall–Kier alpha value is -2.87. The van der Waals surface area contributed by atoms with Crippen molar-refractivity contribution in [1.29, 1.82) is 0 Å². The Morgan fingerprint density at radius 3 is 2.36 bits per heavy atom. The lowest BCUT2D eigenvalue weighted by Gasteiger charge is -2.08. The SMILES string of the molecule is O=C(Nc1ccc(S(=O)(=O)C(F)F)cc1)c1cccc2cccnc12. The highest BCUT2D eigenvalue weighted by molar-refractivity contribution is 7.91. The quantitative estimate of drug-likeness (QED) is 0.771. The molecule has 0 spiro atoms. The normalized spacial score (nSPS) is 11.6. The summed E-state index contributed by atoms with van der Waals surface area (Å²) in [5.41, 5.74) is 1.16. The molecular weight excluding hydrogens is 350 g/mol. The second-order valence-corrected chi connectivity index (χ2v) is 7.08. The Bertz CT molecular complexity index is 1030. The predicted octanol–water partition coefficient (Wildman–Crippen LogP) is 3.48. The molecule has 0 fully saturated rings. The maximum atomic E-state index is 12.5. The van der Waals surface area contributed by atoms with Crippen molar-refractivity contribution >= 4 is 32.3 Å². The summed E-state index contributed by atoms with van der Waals surface area (Å²) in [6.07, 6.45) is 1.57. The van der Waals surface area contributed by atoms with Crippen LogP contribution in [0.3, 0.4) is 0 Å². The van der Waals surface area contributed by atoms with Gasteiger partial charge in [0.25, 0.3) is 5.91 Å². The molecule has 0 saturated heterocycles. The van der Waals surface area contributed by atoms with Crippen LogP contribution in [-0.2, 0) is 9.84 Å². The van der Waals surface area contributed by atoms with Crippen LogP contribution in [0.15, 0.2) is 65.7 Å². The van der Waals surface area contributed by atoms with Gasteiger partial charge in [0.05, 0.1) is 16.0 Å². The number of amides is 1. The molecule has 2 aromatic carbocycles. The van der Waals surface area contributed by atoms with Crippen LogP contribution in [0.2, 0.25) is 0 Å². The van der Waals surface area contributed by atoms with Gasteiger partial charge in [-0.2, -0.15) is 8.78 Å². The van der Waals surface area contributed by atoms with Crippen molar-refractivity contribution in [2.24, 2.45) is 0 Å². The van der Waals surface area contributed by atoms with E-state index >= 15 is 0 Å². The third kappa shape index (κ3) is 3.34. The highest BCUT2D eigenvalue weighted by Gasteiger charge is 2.26. The number of benzene rings is 2. The number of alkyl halides is 2. The second-order valence-electron chi connectivity index (χ2n) is 5.16. The Morgan fingerprint density at radius 1 is 1.00 bits per heavy atom. The van der Waals surface area contributed by atoms with Gasteiger partial charge in [-0.15, -0.1) is 0 Å². The number of nitrogens with one attached hydrogen (secondary N) is 1. The molecular formula is C17H12F2N2O3S. The first-order valence-corrected chi connectivity index (χ1v) is 8.71. The van der Waals surface area contributed by atoms with Crippen molar-refractivity contribution < 1.29 is 22.0 Å². The lowest BCUT2D eigenvalue weighted by Crippen LogP contribution is -2.14. The van der Waals surface area contributed by atoms with Crippen molar-refractivity contribution in [3.8, 4) is 0 Å². The molecule has 3 aromatic rings. The first-order chi connectivity index (χ1) is 11.9. The molecule has 0 aliphatic rings. The minimum Gasteiger partial charge on any atom is -0.322 e. The van der Waals surface area contributed by atoms with Crippen LogP contribution >= 0.6 is 0 Å². The Morgan fingerprint density at radius 2 is 1.68 bits per heavy atom. The van der Waals surface area contributed by atoms with Gasteiger partial charge < -0.3 is 5.32 Å². The number of sulfone groups is 1. The maximum absolute atomic E-state index is 12.5. The van der Waals surface area contributed by atoms with Gasteiger partial charge in [0.2, 0.25) is 9.84 Å². The van der Waals surface area contributed by atoms with Gasteiger partial charge in [-0.3, -0.25) is 9.78 Å². The second kappa shape index (κ2) is 6.56. The molecule has 3 rings (SSSR count). The molecule has 25 heavy (non-hydrogen) atoms. The summed E-state index contributed by atoms with van der Waals surface area (Å²) in [4.78, 5) is 16.1. The third-order valence-electron chi connectivity index (χ3n) is 3.55. The van der Waals surface area contributed by atoms with Gasteiger partial charge in [-0.25, -0.2) is 8.42 Å². The molecule has 0 radical (unpaired) electrons. The van der Waals surface area contributed by atoms with Crippen LogP contribution in [0.1, 0.15) is 10.4 Å². The molecule has 0 aliphatic heterocycles. The number of carbonyl (C=O) groups excluding carboxylic acids is 1. The lowest BCUT2D eigenvalue weighted by atomic mass is 10.1. The Kier molecular flexibility index (Phi) is 4.45. The van der Waals surface area contributed by atoms with Crippen LogP contribution in [0.5, 0.6) is 0 Å². The molecule has 0 atom stereocenters. The van der Waals surface area contributed by atoms with Crippen molar-refractivity contribution in [3.05, 3.63) is 66.4 Å². The predicted molar refractivity (Wildman–Crippen MR) is 89.3 cm³/mol. The topological polar surface area (TPSA) is 76.1 Å². The number of pyridine rings is 1. The van der Waals surface area contributed by atoms with Gasteiger partial charge in [0.15, 0.2) is 0 Å². The lowest BCUT2D eigenvalue weighted by molar-refractivity contribution is 0.102. The molecule has 1 heterocycles. The summed E-state index contributed by atoms with van der Waals surface area (Å²) >= 11 is 0. The van der Waals surface area contributed by atoms with Crippen LogP contribution < -0.4 is 5.32 Å². The Labute approximate surface area is 142 Å². The summed E-state index contributed by atoms with van der Waals surface area (Å²) < 4.78 is 47.8. The van der Waals surface area contributed by atoms with E-state index in [2.05, 4.69) is 10.3 Å². The standard InChI is InChI=1S/C17H12F2N2O3S/c18-17(19)25(23,24)13-8-6-12(7-9-13)21-16(22)14-5-1-3-11-4-2-10-20-15(11)14/h1-10,17H,(H,21,22). The largest absolute Gasteiger partial charge is 0.341 e. The van der Waals surface area contributed by atoms with Gasteiger partial charge in [0, 0.05) is 17.3 Å². The molecule has 0 aliphatic carbocycles. The average molecular weight is 362 g/mol. The number of carbonyl (C=O) groups is 1. The van der Waals surface area contributed by atoms with E-state index in [0.29, 0.717) is 11.1 Å². The number of anilines is 1. The Balaban J connectivity index is 1.86. The maximum Gasteiger partial charge on any atom is 0.341 e. The molecule has 0 bridgehead atoms. The van der Waals surface area contributed by atoms with Crippen molar-refractivity contribution in [3.63, 3.8) is 0 Å². The summed E-state index contributed by atoms with van der Waals surface area (Å²) in [5.74, 6) is -3.93. The minimum absolute atomic E-state index is 0.283. The zero-order chi connectivity index (χ0) is 18.0. The third-order valence-corrected chi connectivity index (χ3v) is 4.95. The summed E-state index contributed by atoms with van der Waals surface area (Å²) in [7, 11) is -4.66. The van der Waals surface area contributed by atoms with Crippen molar-refractivity contribution in [1.82, 2.24) is 4.98 Å². The van der Waals surface area contributed by atoms with Crippen LogP contribution in [0.4, 0.5) is 14.5 Å². The highest BCUT2D eigenvalue weighted by Crippen LogP contribution is 2.21. The van der Waals surface area contributed by atoms with E-state index in [9.17, 15) is 22.0 Å². The van der Waals surface area contributed by atoms with Crippen LogP contribution in [-0.4, -0.2) is 25.1 Å². The van der Waals surface area contributed by atoms with E-state index < -0.39 is 26.4 Å². The fourth-order valence-electron chi connectivity index (χ4n) is 2.32. The first-order valence-electron chi connectivity index (χ1n) is 7.17. The van der Waals surface area contributed by atoms with E-state index in [1.807, 2.05) is 12.1 Å². The van der Waals surface area contributed by atoms with Gasteiger partial charge in [-0.05, 0) is 36.4 Å². The van der Waals surface area contributed by atoms with E-state index in [1.165, 1.54) is 12.1 Å². The number of nitrogens with zero attached hydrogens (tertiary/aromatic N) is 1. The molecule has 8 heteroatoms. The number of para-hydroxylation sites is 1. The number of halogens is 2. The zero-order valence-electron chi connectivity index (χ0n) is 12.7. The average Bonchev–Trinajstić information content (AvgIpc) is 2.61. The number of rotatable bonds is 4. The minimum atomic E-state index is -4.66. The van der Waals surface area contributed by atoms with Gasteiger partial charge in [-0.1, -0.05) is 18.2 Å². The summed E-state index contributed by atoms with van der Waals surface area (Å²) in [6, 6.07) is 13.3. The number of hydrogen-bond acceptors (Lipinski definition) is 4. The van der Waals surface area contributed by atoms with Crippen molar-refractivity contribution in [2.45, 2.75) is 10.7 Å². The molecule has 0 saturated carbocycles. The summed E-state index contributed by atoms with van der Waals surface area (Å²) in [6.45, 7) is 0. The number of aromatic nitrogens is 1. The van der Waals surface area contributed by atoms with Crippen LogP contribution in [0.25, 0.3) is 10.9 Å². The zero-order valence-corrected chi connectivity index (χ0v) is 13.5. The monoisotopic (exact) mass is 362 g/mol. The molecule has 1 N–H and O–H groups in total. The highest BCUT2D eigenvalue weighted by atomic mass is 32.2. The number of fused-ring (bicyclic) bond motifs is 1. The van der Waals surface area contributed by atoms with E-state index in [-0.39, 0.29) is 5.69 Å². The smallest absolute Gasteiger partial charge is 0.322 e. The fraction of sp³-hybridized carbons (Fsp3) is 0.0588. The van der Waals surface area contributed by atoms with Crippen LogP contribution in [0, 0.1) is 0 Å². The van der Waals surface area contributed by atoms with E-state index in [1.54, 1.807) is 24.4 Å². The van der Waals surface area contributed by atoms with Crippen molar-refractivity contribution in [2.75, 3.05) is 5.32 Å². The first kappa shape index (κ1) is 17.0. The molecule has 1 amide bonds. The number of hydrogen-bond donors (Lipinski definition) is 1.